The molecule has 52 valence electrons. The smallest absolute Gasteiger partial charge is 0.127 e. The summed E-state index contributed by atoms with van der Waals surface area (Å²) >= 11 is 0.193. The maximum absolute atomic E-state index is 5.54. The molecule has 2 fully saturated rings. The van der Waals surface area contributed by atoms with Crippen LogP contribution in [0.1, 0.15) is 6.92 Å². The highest BCUT2D eigenvalue weighted by atomic mass is 127. The molecule has 0 radical (unpaired) electrons. The van der Waals surface area contributed by atoms with Gasteiger partial charge in [-0.3, -0.25) is 0 Å². The van der Waals surface area contributed by atoms with Crippen LogP contribution in [0.4, 0.5) is 0 Å². The molecule has 2 heteroatoms. The molecule has 1 saturated carbocycles. The average molecular weight is 246 g/mol. The molecular formula is C8H7IO. The summed E-state index contributed by atoms with van der Waals surface area (Å²) in [5.41, 5.74) is 1.72. The highest BCUT2D eigenvalue weighted by molar-refractivity contribution is 14.2. The average Bonchev–Trinajstić information content (AvgIpc) is 2.57. The number of hydrogen-bond acceptors (Lipinski definition) is 1. The van der Waals surface area contributed by atoms with Crippen LogP contribution < -0.4 is 0 Å². The van der Waals surface area contributed by atoms with Crippen molar-refractivity contribution in [3.05, 3.63) is 21.8 Å². The number of halogens is 1. The molecule has 0 aromatic carbocycles. The summed E-state index contributed by atoms with van der Waals surface area (Å²) in [5.74, 6) is 0. The first-order valence-corrected chi connectivity index (χ1v) is 5.70. The van der Waals surface area contributed by atoms with Crippen molar-refractivity contribution < 1.29 is 4.74 Å². The fourth-order valence-corrected chi connectivity index (χ4v) is 4.26. The first-order valence-electron chi connectivity index (χ1n) is 3.38. The van der Waals surface area contributed by atoms with Gasteiger partial charge in [0.15, 0.2) is 0 Å². The molecule has 3 rings (SSSR count). The summed E-state index contributed by atoms with van der Waals surface area (Å²) in [7, 11) is 0. The standard InChI is InChI=1S/C8H7IO/c1-8-6-5(7(8)10-8)3-2-4-9-6/h2-4,7H,1H3. The molecule has 2 unspecified atom stereocenters. The van der Waals surface area contributed by atoms with Gasteiger partial charge in [-0.15, -0.1) is 0 Å². The van der Waals surface area contributed by atoms with Crippen LogP contribution in [0.2, 0.25) is 0 Å². The van der Waals surface area contributed by atoms with Gasteiger partial charge < -0.3 is 4.74 Å². The van der Waals surface area contributed by atoms with Crippen LogP contribution in [0.3, 0.4) is 0 Å². The zero-order chi connectivity index (χ0) is 6.77. The lowest BCUT2D eigenvalue weighted by Gasteiger charge is -2.23. The number of fused-ring (bicyclic) bond motifs is 4. The zero-order valence-corrected chi connectivity index (χ0v) is 7.75. The summed E-state index contributed by atoms with van der Waals surface area (Å²) < 4.78 is 9.47. The molecule has 2 aliphatic heterocycles. The lowest BCUT2D eigenvalue weighted by Crippen LogP contribution is -2.37. The quantitative estimate of drug-likeness (QED) is 0.468. The Balaban J connectivity index is 2.20. The summed E-state index contributed by atoms with van der Waals surface area (Å²) in [4.78, 5) is 0. The highest BCUT2D eigenvalue weighted by Crippen LogP contribution is 2.57. The highest BCUT2D eigenvalue weighted by Gasteiger charge is 2.68. The van der Waals surface area contributed by atoms with Gasteiger partial charge in [0.05, 0.1) is 0 Å². The van der Waals surface area contributed by atoms with Gasteiger partial charge in [0.2, 0.25) is 0 Å². The molecule has 0 spiro atoms. The van der Waals surface area contributed by atoms with Gasteiger partial charge in [0, 0.05) is 3.51 Å². The molecule has 2 atom stereocenters. The van der Waals surface area contributed by atoms with Crippen LogP contribution >= 0.6 is 20.7 Å². The molecular weight excluding hydrogens is 239 g/mol. The topological polar surface area (TPSA) is 12.5 Å². The van der Waals surface area contributed by atoms with E-state index in [1.807, 2.05) is 0 Å². The van der Waals surface area contributed by atoms with E-state index in [0.717, 1.165) is 0 Å². The number of epoxide rings is 1. The molecule has 2 heterocycles. The van der Waals surface area contributed by atoms with Gasteiger partial charge in [-0.25, -0.2) is 0 Å². The molecule has 0 aromatic heterocycles. The Bertz CT molecular complexity index is 300. The number of ether oxygens (including phenoxy) is 1. The van der Waals surface area contributed by atoms with Crippen molar-refractivity contribution in [3.63, 3.8) is 0 Å². The molecule has 1 aliphatic carbocycles. The van der Waals surface area contributed by atoms with E-state index in [9.17, 15) is 0 Å². The Morgan fingerprint density at radius 1 is 1.70 bits per heavy atom. The van der Waals surface area contributed by atoms with Crippen LogP contribution in [0.25, 0.3) is 0 Å². The summed E-state index contributed by atoms with van der Waals surface area (Å²) in [6, 6.07) is 0. The van der Waals surface area contributed by atoms with Crippen LogP contribution in [0, 0.1) is 0 Å². The molecule has 0 N–H and O–H groups in total. The van der Waals surface area contributed by atoms with Gasteiger partial charge in [-0.05, 0) is 16.6 Å². The maximum atomic E-state index is 5.54. The summed E-state index contributed by atoms with van der Waals surface area (Å²) in [6.45, 7) is 2.21. The van der Waals surface area contributed by atoms with Gasteiger partial charge >= 0.3 is 0 Å². The minimum Gasteiger partial charge on any atom is -0.356 e. The third-order valence-corrected chi connectivity index (χ3v) is 5.39. The Hall–Kier alpha value is 0.0400. The molecule has 10 heavy (non-hydrogen) atoms. The first-order chi connectivity index (χ1) is 4.82. The van der Waals surface area contributed by atoms with Crippen molar-refractivity contribution in [3.8, 4) is 0 Å². The van der Waals surface area contributed by atoms with Crippen molar-refractivity contribution in [1.29, 1.82) is 0 Å². The van der Waals surface area contributed by atoms with E-state index >= 15 is 0 Å². The SMILES string of the molecule is CC12OC1C1=CC=CI=C12. The second-order valence-electron chi connectivity index (χ2n) is 2.97. The monoisotopic (exact) mass is 246 g/mol. The molecule has 3 aliphatic rings. The van der Waals surface area contributed by atoms with E-state index in [1.165, 1.54) is 5.57 Å². The molecule has 1 saturated heterocycles. The minimum atomic E-state index is 0.193. The number of rotatable bonds is 0. The van der Waals surface area contributed by atoms with Crippen LogP contribution in [0.15, 0.2) is 21.8 Å². The van der Waals surface area contributed by atoms with Crippen molar-refractivity contribution in [2.75, 3.05) is 0 Å². The molecule has 0 bridgehead atoms. The second kappa shape index (κ2) is 1.46. The Kier molecular flexibility index (Phi) is 0.824. The van der Waals surface area contributed by atoms with Crippen molar-refractivity contribution in [2.24, 2.45) is 0 Å². The third-order valence-electron chi connectivity index (χ3n) is 2.30. The zero-order valence-electron chi connectivity index (χ0n) is 5.60. The van der Waals surface area contributed by atoms with Crippen LogP contribution in [0.5, 0.6) is 0 Å². The molecule has 1 nitrogen and oxygen atoms in total. The van der Waals surface area contributed by atoms with E-state index in [0.29, 0.717) is 6.10 Å². The Labute approximate surface area is 69.5 Å². The molecule has 0 amide bonds. The predicted molar refractivity (Wildman–Crippen MR) is 49.5 cm³/mol. The minimum absolute atomic E-state index is 0.193. The summed E-state index contributed by atoms with van der Waals surface area (Å²) in [5, 5.41) is 0. The fourth-order valence-electron chi connectivity index (χ4n) is 1.63. The van der Waals surface area contributed by atoms with Crippen LogP contribution in [-0.2, 0) is 4.74 Å². The van der Waals surface area contributed by atoms with Gasteiger partial charge in [-0.1, -0.05) is 32.9 Å². The predicted octanol–water partition coefficient (Wildman–Crippen LogP) is 1.75. The lowest BCUT2D eigenvalue weighted by molar-refractivity contribution is 0.384. The van der Waals surface area contributed by atoms with Crippen molar-refractivity contribution >= 4 is 24.2 Å². The van der Waals surface area contributed by atoms with E-state index in [1.54, 1.807) is 3.51 Å². The fraction of sp³-hybridized carbons (Fsp3) is 0.375. The second-order valence-corrected chi connectivity index (χ2v) is 5.39. The summed E-state index contributed by atoms with van der Waals surface area (Å²) in [6.07, 6.45) is 4.87. The third kappa shape index (κ3) is 0.442. The Morgan fingerprint density at radius 2 is 2.60 bits per heavy atom. The van der Waals surface area contributed by atoms with E-state index in [-0.39, 0.29) is 26.3 Å². The van der Waals surface area contributed by atoms with Crippen molar-refractivity contribution in [1.82, 2.24) is 0 Å². The molecule has 0 aromatic rings. The van der Waals surface area contributed by atoms with Crippen molar-refractivity contribution in [2.45, 2.75) is 18.6 Å². The van der Waals surface area contributed by atoms with Gasteiger partial charge in [-0.2, -0.15) is 0 Å². The largest absolute Gasteiger partial charge is 0.356 e. The number of hydrogen-bond donors (Lipinski definition) is 0. The Morgan fingerprint density at radius 3 is 3.40 bits per heavy atom. The maximum Gasteiger partial charge on any atom is 0.127 e. The lowest BCUT2D eigenvalue weighted by atomic mass is 9.81. The van der Waals surface area contributed by atoms with Gasteiger partial charge in [0.25, 0.3) is 0 Å². The van der Waals surface area contributed by atoms with Gasteiger partial charge in [0.1, 0.15) is 11.7 Å². The van der Waals surface area contributed by atoms with E-state index in [2.05, 4.69) is 23.2 Å². The normalized spacial score (nSPS) is 47.1. The first kappa shape index (κ1) is 5.66. The van der Waals surface area contributed by atoms with E-state index < -0.39 is 0 Å². The number of allylic oxidation sites excluding steroid dienone is 2. The van der Waals surface area contributed by atoms with E-state index in [4.69, 9.17) is 4.74 Å². The van der Waals surface area contributed by atoms with Crippen LogP contribution in [-0.4, -0.2) is 15.2 Å².